The van der Waals surface area contributed by atoms with Crippen molar-refractivity contribution in [1.29, 1.82) is 0 Å². The number of Topliss-reactive ketones (excluding diaryl/α,β-unsaturated/α-hetero) is 1. The molecule has 1 unspecified atom stereocenters. The van der Waals surface area contributed by atoms with Gasteiger partial charge < -0.3 is 0 Å². The fourth-order valence-corrected chi connectivity index (χ4v) is 2.34. The van der Waals surface area contributed by atoms with Gasteiger partial charge in [0.2, 0.25) is 0 Å². The molecule has 0 aromatic heterocycles. The number of benzene rings is 1. The van der Waals surface area contributed by atoms with Crippen LogP contribution in [0.2, 0.25) is 0 Å². The predicted octanol–water partition coefficient (Wildman–Crippen LogP) is 4.36. The molecule has 1 aromatic carbocycles. The molecule has 0 radical (unpaired) electrons. The minimum Gasteiger partial charge on any atom is -0.299 e. The Labute approximate surface area is 105 Å². The second-order valence-corrected chi connectivity index (χ2v) is 4.76. The quantitative estimate of drug-likeness (QED) is 0.757. The normalized spacial score (nSPS) is 17.4. The Morgan fingerprint density at radius 1 is 1.29 bits per heavy atom. The summed E-state index contributed by atoms with van der Waals surface area (Å²) in [6.07, 6.45) is 3.03. The molecular formula is C16H24O. The van der Waals surface area contributed by atoms with Gasteiger partial charge in [-0.15, -0.1) is 0 Å². The van der Waals surface area contributed by atoms with E-state index < -0.39 is 0 Å². The van der Waals surface area contributed by atoms with Gasteiger partial charge >= 0.3 is 0 Å². The van der Waals surface area contributed by atoms with Crippen molar-refractivity contribution in [3.05, 3.63) is 35.4 Å². The van der Waals surface area contributed by atoms with Crippen molar-refractivity contribution in [2.24, 2.45) is 5.92 Å². The summed E-state index contributed by atoms with van der Waals surface area (Å²) in [4.78, 5) is 11.7. The van der Waals surface area contributed by atoms with Gasteiger partial charge in [-0.3, -0.25) is 4.79 Å². The highest BCUT2D eigenvalue weighted by Gasteiger charge is 2.24. The maximum atomic E-state index is 11.7. The second-order valence-electron chi connectivity index (χ2n) is 4.76. The van der Waals surface area contributed by atoms with Gasteiger partial charge in [-0.1, -0.05) is 52.0 Å². The highest BCUT2D eigenvalue weighted by atomic mass is 16.1. The second kappa shape index (κ2) is 6.58. The first kappa shape index (κ1) is 14.0. The zero-order valence-electron chi connectivity index (χ0n) is 11.5. The predicted molar refractivity (Wildman–Crippen MR) is 73.3 cm³/mol. The van der Waals surface area contributed by atoms with Crippen molar-refractivity contribution in [2.75, 3.05) is 0 Å². The molecule has 17 heavy (non-hydrogen) atoms. The molecule has 0 bridgehead atoms. The van der Waals surface area contributed by atoms with Crippen LogP contribution in [0, 0.1) is 5.92 Å². The van der Waals surface area contributed by atoms with Gasteiger partial charge in [0.1, 0.15) is 5.78 Å². The van der Waals surface area contributed by atoms with Crippen molar-refractivity contribution in [2.45, 2.75) is 52.9 Å². The number of rotatable bonds is 3. The fourth-order valence-electron chi connectivity index (χ4n) is 2.34. The van der Waals surface area contributed by atoms with E-state index in [0.717, 1.165) is 19.3 Å². The number of carbonyl (C=O) groups is 1. The van der Waals surface area contributed by atoms with Crippen LogP contribution >= 0.6 is 0 Å². The van der Waals surface area contributed by atoms with Crippen molar-refractivity contribution >= 4 is 5.78 Å². The Bertz CT molecular complexity index is 366. The van der Waals surface area contributed by atoms with Crippen molar-refractivity contribution < 1.29 is 4.79 Å². The highest BCUT2D eigenvalue weighted by Crippen LogP contribution is 2.35. The van der Waals surface area contributed by atoms with Crippen LogP contribution in [-0.4, -0.2) is 5.78 Å². The Hall–Kier alpha value is -1.11. The summed E-state index contributed by atoms with van der Waals surface area (Å²) < 4.78 is 0. The minimum absolute atomic E-state index is 0.178. The van der Waals surface area contributed by atoms with Crippen LogP contribution in [-0.2, 0) is 11.2 Å². The van der Waals surface area contributed by atoms with E-state index >= 15 is 0 Å². The third-order valence-electron chi connectivity index (χ3n) is 3.35. The summed E-state index contributed by atoms with van der Waals surface area (Å²) >= 11 is 0. The third-order valence-corrected chi connectivity index (χ3v) is 3.35. The van der Waals surface area contributed by atoms with Gasteiger partial charge in [-0.05, 0) is 29.9 Å². The summed E-state index contributed by atoms with van der Waals surface area (Å²) in [5.74, 6) is 1.06. The smallest absolute Gasteiger partial charge is 0.136 e. The molecule has 0 saturated carbocycles. The van der Waals surface area contributed by atoms with Gasteiger partial charge in [-0.2, -0.15) is 0 Å². The summed E-state index contributed by atoms with van der Waals surface area (Å²) in [5.41, 5.74) is 2.85. The van der Waals surface area contributed by atoms with E-state index in [-0.39, 0.29) is 5.92 Å². The number of carbonyl (C=O) groups excluding carboxylic acids is 1. The number of aryl methyl sites for hydroxylation is 1. The van der Waals surface area contributed by atoms with Crippen LogP contribution in [0.15, 0.2) is 24.3 Å². The Morgan fingerprint density at radius 2 is 1.94 bits per heavy atom. The van der Waals surface area contributed by atoms with E-state index in [0.29, 0.717) is 11.7 Å². The van der Waals surface area contributed by atoms with Gasteiger partial charge in [0, 0.05) is 12.3 Å². The lowest BCUT2D eigenvalue weighted by Gasteiger charge is -2.12. The SMILES string of the molecule is CC.CC(C)C(=O)CC1CCc2ccccc21. The van der Waals surface area contributed by atoms with Crippen LogP contribution in [0.5, 0.6) is 0 Å². The lowest BCUT2D eigenvalue weighted by atomic mass is 9.92. The third kappa shape index (κ3) is 3.42. The number of ketones is 1. The van der Waals surface area contributed by atoms with Crippen LogP contribution in [0.25, 0.3) is 0 Å². The topological polar surface area (TPSA) is 17.1 Å². The molecule has 1 atom stereocenters. The first-order valence-corrected chi connectivity index (χ1v) is 6.79. The number of fused-ring (bicyclic) bond motifs is 1. The molecule has 1 aromatic rings. The summed E-state index contributed by atoms with van der Waals surface area (Å²) in [6, 6.07) is 8.54. The van der Waals surface area contributed by atoms with Gasteiger partial charge in [0.05, 0.1) is 0 Å². The first-order valence-electron chi connectivity index (χ1n) is 6.79. The fraction of sp³-hybridized carbons (Fsp3) is 0.562. The summed E-state index contributed by atoms with van der Waals surface area (Å²) in [7, 11) is 0. The van der Waals surface area contributed by atoms with E-state index in [4.69, 9.17) is 0 Å². The molecule has 1 nitrogen and oxygen atoms in total. The standard InChI is InChI=1S/C14H18O.C2H6/c1-10(2)14(15)9-12-8-7-11-5-3-4-6-13(11)12;1-2/h3-6,10,12H,7-9H2,1-2H3;1-2H3. The maximum Gasteiger partial charge on any atom is 0.136 e. The van der Waals surface area contributed by atoms with E-state index in [1.165, 1.54) is 11.1 Å². The maximum absolute atomic E-state index is 11.7. The molecule has 0 fully saturated rings. The molecule has 0 amide bonds. The average Bonchev–Trinajstić information content (AvgIpc) is 2.75. The van der Waals surface area contributed by atoms with Gasteiger partial charge in [0.15, 0.2) is 0 Å². The molecular weight excluding hydrogens is 208 g/mol. The van der Waals surface area contributed by atoms with E-state index in [9.17, 15) is 4.79 Å². The Balaban J connectivity index is 0.000000686. The van der Waals surface area contributed by atoms with E-state index in [2.05, 4.69) is 24.3 Å². The minimum atomic E-state index is 0.178. The first-order chi connectivity index (χ1) is 8.18. The van der Waals surface area contributed by atoms with Crippen LogP contribution in [0.4, 0.5) is 0 Å². The molecule has 0 spiro atoms. The molecule has 0 heterocycles. The Kier molecular flexibility index (Phi) is 5.40. The molecule has 0 saturated heterocycles. The summed E-state index contributed by atoms with van der Waals surface area (Å²) in [5, 5.41) is 0. The zero-order valence-corrected chi connectivity index (χ0v) is 11.5. The molecule has 0 N–H and O–H groups in total. The molecule has 0 aliphatic heterocycles. The Morgan fingerprint density at radius 3 is 2.59 bits per heavy atom. The van der Waals surface area contributed by atoms with Crippen LogP contribution < -0.4 is 0 Å². The lowest BCUT2D eigenvalue weighted by molar-refractivity contribution is -0.122. The molecule has 1 aliphatic carbocycles. The average molecular weight is 232 g/mol. The number of hydrogen-bond donors (Lipinski definition) is 0. The van der Waals surface area contributed by atoms with Crippen LogP contribution in [0.1, 0.15) is 57.6 Å². The van der Waals surface area contributed by atoms with Crippen molar-refractivity contribution in [3.63, 3.8) is 0 Å². The van der Waals surface area contributed by atoms with Gasteiger partial charge in [-0.25, -0.2) is 0 Å². The molecule has 94 valence electrons. The highest BCUT2D eigenvalue weighted by molar-refractivity contribution is 5.81. The van der Waals surface area contributed by atoms with E-state index in [1.807, 2.05) is 27.7 Å². The monoisotopic (exact) mass is 232 g/mol. The summed E-state index contributed by atoms with van der Waals surface area (Å²) in [6.45, 7) is 7.98. The lowest BCUT2D eigenvalue weighted by Crippen LogP contribution is -2.10. The molecule has 1 heteroatoms. The zero-order chi connectivity index (χ0) is 12.8. The molecule has 1 aliphatic rings. The van der Waals surface area contributed by atoms with Crippen molar-refractivity contribution in [1.82, 2.24) is 0 Å². The van der Waals surface area contributed by atoms with E-state index in [1.54, 1.807) is 0 Å². The van der Waals surface area contributed by atoms with Gasteiger partial charge in [0.25, 0.3) is 0 Å². The van der Waals surface area contributed by atoms with Crippen molar-refractivity contribution in [3.8, 4) is 0 Å². The largest absolute Gasteiger partial charge is 0.299 e. The number of hydrogen-bond acceptors (Lipinski definition) is 1. The van der Waals surface area contributed by atoms with Crippen LogP contribution in [0.3, 0.4) is 0 Å². The molecule has 2 rings (SSSR count).